The maximum absolute atomic E-state index is 12.0. The Morgan fingerprint density at radius 1 is 1.33 bits per heavy atom. The zero-order valence-corrected chi connectivity index (χ0v) is 12.2. The predicted octanol–water partition coefficient (Wildman–Crippen LogP) is 2.89. The van der Waals surface area contributed by atoms with E-state index >= 15 is 0 Å². The molecule has 1 aliphatic carbocycles. The van der Waals surface area contributed by atoms with Crippen LogP contribution in [-0.4, -0.2) is 16.5 Å². The van der Waals surface area contributed by atoms with Gasteiger partial charge in [-0.1, -0.05) is 25.7 Å². The van der Waals surface area contributed by atoms with Gasteiger partial charge in [0.25, 0.3) is 5.56 Å². The molecule has 0 atom stereocenters. The summed E-state index contributed by atoms with van der Waals surface area (Å²) in [6.07, 6.45) is 7.93. The third kappa shape index (κ3) is 3.35. The first-order valence-corrected chi connectivity index (χ1v) is 7.76. The number of fused-ring (bicyclic) bond motifs is 1. The van der Waals surface area contributed by atoms with Gasteiger partial charge in [0.05, 0.1) is 10.9 Å². The van der Waals surface area contributed by atoms with E-state index in [0.29, 0.717) is 22.5 Å². The number of hydrogen-bond donors (Lipinski definition) is 3. The highest BCUT2D eigenvalue weighted by Gasteiger charge is 2.14. The smallest absolute Gasteiger partial charge is 0.260 e. The van der Waals surface area contributed by atoms with Crippen molar-refractivity contribution in [3.8, 4) is 0 Å². The fourth-order valence-electron chi connectivity index (χ4n) is 3.14. The number of nitrogens with one attached hydrogen (secondary N) is 2. The fraction of sp³-hybridized carbons (Fsp3) is 0.500. The van der Waals surface area contributed by atoms with Gasteiger partial charge < -0.3 is 11.1 Å². The van der Waals surface area contributed by atoms with E-state index in [9.17, 15) is 4.79 Å². The molecule has 0 bridgehead atoms. The molecule has 0 saturated heterocycles. The van der Waals surface area contributed by atoms with Crippen LogP contribution in [0.1, 0.15) is 38.5 Å². The molecule has 2 aromatic rings. The molecule has 21 heavy (non-hydrogen) atoms. The first-order valence-electron chi connectivity index (χ1n) is 7.76. The second kappa shape index (κ2) is 6.16. The summed E-state index contributed by atoms with van der Waals surface area (Å²) in [5.41, 5.74) is 6.79. The summed E-state index contributed by atoms with van der Waals surface area (Å²) >= 11 is 0. The van der Waals surface area contributed by atoms with E-state index in [4.69, 9.17) is 5.73 Å². The van der Waals surface area contributed by atoms with Crippen molar-refractivity contribution >= 4 is 22.5 Å². The normalized spacial score (nSPS) is 15.6. The molecule has 0 spiro atoms. The summed E-state index contributed by atoms with van der Waals surface area (Å²) < 4.78 is 0. The van der Waals surface area contributed by atoms with Gasteiger partial charge >= 0.3 is 0 Å². The lowest BCUT2D eigenvalue weighted by Gasteiger charge is -2.10. The number of nitrogen functional groups attached to an aromatic ring is 1. The van der Waals surface area contributed by atoms with Crippen molar-refractivity contribution in [3.63, 3.8) is 0 Å². The molecule has 0 radical (unpaired) electrons. The van der Waals surface area contributed by atoms with Crippen molar-refractivity contribution in [1.29, 1.82) is 0 Å². The Hall–Kier alpha value is -2.04. The van der Waals surface area contributed by atoms with Crippen LogP contribution >= 0.6 is 0 Å². The molecule has 1 saturated carbocycles. The molecule has 1 aromatic heterocycles. The van der Waals surface area contributed by atoms with Crippen molar-refractivity contribution < 1.29 is 0 Å². The van der Waals surface area contributed by atoms with Gasteiger partial charge in [-0.25, -0.2) is 4.98 Å². The van der Waals surface area contributed by atoms with Gasteiger partial charge in [-0.15, -0.1) is 0 Å². The van der Waals surface area contributed by atoms with Gasteiger partial charge in [-0.2, -0.15) is 0 Å². The lowest BCUT2D eigenvalue weighted by molar-refractivity contribution is 0.491. The molecular weight excluding hydrogens is 264 g/mol. The molecule has 1 fully saturated rings. The number of benzene rings is 1. The molecule has 0 amide bonds. The van der Waals surface area contributed by atoms with E-state index in [2.05, 4.69) is 15.3 Å². The second-order valence-corrected chi connectivity index (χ2v) is 5.91. The maximum Gasteiger partial charge on any atom is 0.260 e. The summed E-state index contributed by atoms with van der Waals surface area (Å²) in [4.78, 5) is 19.2. The Kier molecular flexibility index (Phi) is 4.08. The molecule has 5 heteroatoms. The van der Waals surface area contributed by atoms with Gasteiger partial charge in [0.1, 0.15) is 0 Å². The molecule has 1 heterocycles. The van der Waals surface area contributed by atoms with E-state index < -0.39 is 0 Å². The molecule has 112 valence electrons. The van der Waals surface area contributed by atoms with Gasteiger partial charge in [-0.3, -0.25) is 9.78 Å². The van der Waals surface area contributed by atoms with E-state index in [-0.39, 0.29) is 5.56 Å². The second-order valence-electron chi connectivity index (χ2n) is 5.91. The van der Waals surface area contributed by atoms with Crippen LogP contribution in [0.3, 0.4) is 0 Å². The topological polar surface area (TPSA) is 83.8 Å². The Morgan fingerprint density at radius 3 is 2.95 bits per heavy atom. The summed E-state index contributed by atoms with van der Waals surface area (Å²) in [5, 5.41) is 3.75. The maximum atomic E-state index is 12.0. The summed E-state index contributed by atoms with van der Waals surface area (Å²) in [7, 11) is 0. The Morgan fingerprint density at radius 2 is 2.14 bits per heavy atom. The van der Waals surface area contributed by atoms with Crippen LogP contribution in [0.5, 0.6) is 0 Å². The van der Waals surface area contributed by atoms with E-state index in [0.717, 1.165) is 18.9 Å². The standard InChI is InChI=1S/C16H22N4O/c17-12-7-8-14-13(10-12)15(21)20-16(19-14)18-9-3-6-11-4-1-2-5-11/h7-8,10-11H,1-6,9,17H2,(H2,18,19,20,21). The summed E-state index contributed by atoms with van der Waals surface area (Å²) in [5.74, 6) is 1.45. The van der Waals surface area contributed by atoms with Crippen LogP contribution in [-0.2, 0) is 0 Å². The number of aromatic amines is 1. The highest BCUT2D eigenvalue weighted by molar-refractivity contribution is 5.81. The average molecular weight is 286 g/mol. The van der Waals surface area contributed by atoms with Crippen molar-refractivity contribution in [2.24, 2.45) is 5.92 Å². The van der Waals surface area contributed by atoms with Gasteiger partial charge in [-0.05, 0) is 37.0 Å². The zero-order valence-electron chi connectivity index (χ0n) is 12.2. The van der Waals surface area contributed by atoms with E-state index in [1.54, 1.807) is 18.2 Å². The van der Waals surface area contributed by atoms with Crippen LogP contribution in [0.4, 0.5) is 11.6 Å². The number of anilines is 2. The minimum absolute atomic E-state index is 0.148. The Bertz CT molecular complexity index is 674. The average Bonchev–Trinajstić information content (AvgIpc) is 2.98. The van der Waals surface area contributed by atoms with Crippen molar-refractivity contribution in [2.45, 2.75) is 38.5 Å². The third-order valence-electron chi connectivity index (χ3n) is 4.29. The number of aromatic nitrogens is 2. The SMILES string of the molecule is Nc1ccc2nc(NCCCC3CCCC3)[nH]c(=O)c2c1. The van der Waals surface area contributed by atoms with Crippen LogP contribution in [0, 0.1) is 5.92 Å². The molecular formula is C16H22N4O. The molecule has 3 rings (SSSR count). The van der Waals surface area contributed by atoms with Crippen molar-refractivity contribution in [1.82, 2.24) is 9.97 Å². The molecule has 4 N–H and O–H groups in total. The van der Waals surface area contributed by atoms with Crippen LogP contribution in [0.2, 0.25) is 0 Å². The highest BCUT2D eigenvalue weighted by atomic mass is 16.1. The predicted molar refractivity (Wildman–Crippen MR) is 86.5 cm³/mol. The third-order valence-corrected chi connectivity index (χ3v) is 4.29. The van der Waals surface area contributed by atoms with Crippen molar-refractivity contribution in [3.05, 3.63) is 28.6 Å². The van der Waals surface area contributed by atoms with E-state index in [1.165, 1.54) is 32.1 Å². The molecule has 0 aliphatic heterocycles. The largest absolute Gasteiger partial charge is 0.399 e. The fourth-order valence-corrected chi connectivity index (χ4v) is 3.14. The lowest BCUT2D eigenvalue weighted by Crippen LogP contribution is -2.14. The zero-order chi connectivity index (χ0) is 14.7. The molecule has 1 aromatic carbocycles. The minimum atomic E-state index is -0.148. The lowest BCUT2D eigenvalue weighted by atomic mass is 10.0. The number of H-pyrrole nitrogens is 1. The number of rotatable bonds is 5. The van der Waals surface area contributed by atoms with Crippen LogP contribution in [0.25, 0.3) is 10.9 Å². The Labute approximate surface area is 124 Å². The number of hydrogen-bond acceptors (Lipinski definition) is 4. The number of nitrogens with two attached hydrogens (primary N) is 1. The van der Waals surface area contributed by atoms with Crippen LogP contribution < -0.4 is 16.6 Å². The Balaban J connectivity index is 1.61. The first-order chi connectivity index (χ1) is 10.2. The minimum Gasteiger partial charge on any atom is -0.399 e. The van der Waals surface area contributed by atoms with Gasteiger partial charge in [0, 0.05) is 12.2 Å². The van der Waals surface area contributed by atoms with E-state index in [1.807, 2.05) is 0 Å². The van der Waals surface area contributed by atoms with Gasteiger partial charge in [0.15, 0.2) is 0 Å². The first kappa shape index (κ1) is 13.9. The van der Waals surface area contributed by atoms with Crippen molar-refractivity contribution in [2.75, 3.05) is 17.6 Å². The molecule has 5 nitrogen and oxygen atoms in total. The molecule has 0 unspecified atom stereocenters. The van der Waals surface area contributed by atoms with Crippen LogP contribution in [0.15, 0.2) is 23.0 Å². The summed E-state index contributed by atoms with van der Waals surface area (Å²) in [6.45, 7) is 0.847. The highest BCUT2D eigenvalue weighted by Crippen LogP contribution is 2.28. The number of nitrogens with zero attached hydrogens (tertiary/aromatic N) is 1. The van der Waals surface area contributed by atoms with Gasteiger partial charge in [0.2, 0.25) is 5.95 Å². The summed E-state index contributed by atoms with van der Waals surface area (Å²) in [6, 6.07) is 5.20. The monoisotopic (exact) mass is 286 g/mol. The quantitative estimate of drug-likeness (QED) is 0.583. The molecule has 1 aliphatic rings.